The van der Waals surface area contributed by atoms with Crippen molar-refractivity contribution in [1.82, 2.24) is 5.32 Å². The van der Waals surface area contributed by atoms with Crippen LogP contribution < -0.4 is 5.32 Å². The second-order valence-electron chi connectivity index (χ2n) is 5.77. The average molecular weight is 400 g/mol. The molecule has 28 heavy (non-hydrogen) atoms. The number of nitrogens with zero attached hydrogens (tertiary/aromatic N) is 1. The molecule has 11 heteroatoms. The van der Waals surface area contributed by atoms with Crippen LogP contribution in [0.3, 0.4) is 0 Å². The molecule has 0 aromatic carbocycles. The molecule has 11 nitrogen and oxygen atoms in total. The van der Waals surface area contributed by atoms with Crippen molar-refractivity contribution in [2.45, 2.75) is 65.4 Å². The molecule has 0 aliphatic carbocycles. The summed E-state index contributed by atoms with van der Waals surface area (Å²) in [5, 5.41) is 11.5. The number of esters is 4. The monoisotopic (exact) mass is 400 g/mol. The molecule has 0 spiro atoms. The molecule has 0 heterocycles. The van der Waals surface area contributed by atoms with E-state index in [0.29, 0.717) is 0 Å². The molecule has 0 aliphatic rings. The highest BCUT2D eigenvalue weighted by Gasteiger charge is 2.42. The molecule has 0 radical (unpaired) electrons. The van der Waals surface area contributed by atoms with Gasteiger partial charge in [-0.25, -0.2) is 0 Å². The average Bonchev–Trinajstić information content (AvgIpc) is 2.53. The minimum absolute atomic E-state index is 0.310. The first-order chi connectivity index (χ1) is 13.0. The smallest absolute Gasteiger partial charge is 0.303 e. The van der Waals surface area contributed by atoms with Crippen LogP contribution in [0.15, 0.2) is 0 Å². The van der Waals surface area contributed by atoms with E-state index in [1.54, 1.807) is 0 Å². The lowest BCUT2D eigenvalue weighted by atomic mass is 9.98. The Morgan fingerprint density at radius 1 is 0.821 bits per heavy atom. The number of rotatable bonds is 10. The van der Waals surface area contributed by atoms with Gasteiger partial charge in [0.25, 0.3) is 0 Å². The van der Waals surface area contributed by atoms with E-state index in [0.717, 1.165) is 27.7 Å². The number of hydrogen-bond donors (Lipinski definition) is 1. The van der Waals surface area contributed by atoms with Gasteiger partial charge in [0.1, 0.15) is 6.61 Å². The lowest BCUT2D eigenvalue weighted by Crippen LogP contribution is -2.56. The van der Waals surface area contributed by atoms with Crippen molar-refractivity contribution in [1.29, 1.82) is 5.26 Å². The van der Waals surface area contributed by atoms with Crippen LogP contribution in [0.4, 0.5) is 0 Å². The fraction of sp³-hybridized carbons (Fsp3) is 0.647. The van der Waals surface area contributed by atoms with Gasteiger partial charge in [0.2, 0.25) is 5.91 Å². The van der Waals surface area contributed by atoms with Gasteiger partial charge in [-0.05, 0) is 0 Å². The first-order valence-corrected chi connectivity index (χ1v) is 8.27. The van der Waals surface area contributed by atoms with Gasteiger partial charge in [-0.1, -0.05) is 0 Å². The number of carbonyl (C=O) groups excluding carboxylic acids is 5. The Morgan fingerprint density at radius 2 is 1.32 bits per heavy atom. The number of nitriles is 1. The van der Waals surface area contributed by atoms with Crippen molar-refractivity contribution >= 4 is 29.8 Å². The Hall–Kier alpha value is -3.16. The summed E-state index contributed by atoms with van der Waals surface area (Å²) in [5.41, 5.74) is 0. The molecule has 0 bridgehead atoms. The van der Waals surface area contributed by atoms with Crippen LogP contribution in [0.1, 0.15) is 41.0 Å². The first-order valence-electron chi connectivity index (χ1n) is 8.27. The van der Waals surface area contributed by atoms with E-state index in [1.165, 1.54) is 6.92 Å². The van der Waals surface area contributed by atoms with Gasteiger partial charge in [0.05, 0.1) is 18.5 Å². The fourth-order valence-corrected chi connectivity index (χ4v) is 2.33. The summed E-state index contributed by atoms with van der Waals surface area (Å²) in [6.45, 7) is 4.99. The second kappa shape index (κ2) is 12.3. The molecule has 4 atom stereocenters. The Kier molecular flexibility index (Phi) is 10.9. The van der Waals surface area contributed by atoms with E-state index in [1.807, 2.05) is 6.07 Å². The highest BCUT2D eigenvalue weighted by molar-refractivity contribution is 5.73. The molecule has 0 aromatic rings. The molecule has 0 rings (SSSR count). The molecule has 0 saturated carbocycles. The SMILES string of the molecule is CC(=O)NC(CC#N)[C@@H](OC(C)=O)[C@H](OC(C)=O)[C@@H](COC(C)=O)OC(C)=O. The molecule has 156 valence electrons. The largest absolute Gasteiger partial charge is 0.462 e. The van der Waals surface area contributed by atoms with Gasteiger partial charge in [-0.3, -0.25) is 24.0 Å². The highest BCUT2D eigenvalue weighted by atomic mass is 16.6. The summed E-state index contributed by atoms with van der Waals surface area (Å²) >= 11 is 0. The van der Waals surface area contributed by atoms with Crippen LogP contribution >= 0.6 is 0 Å². The van der Waals surface area contributed by atoms with E-state index in [9.17, 15) is 24.0 Å². The summed E-state index contributed by atoms with van der Waals surface area (Å²) in [5.74, 6) is -3.64. The predicted octanol–water partition coefficient (Wildman–Crippen LogP) is -0.237. The number of hydrogen-bond acceptors (Lipinski definition) is 10. The zero-order valence-electron chi connectivity index (χ0n) is 16.3. The molecule has 1 unspecified atom stereocenters. The molecule has 0 fully saturated rings. The van der Waals surface area contributed by atoms with Crippen LogP contribution in [0.2, 0.25) is 0 Å². The lowest BCUT2D eigenvalue weighted by Gasteiger charge is -2.35. The van der Waals surface area contributed by atoms with E-state index in [-0.39, 0.29) is 6.42 Å². The van der Waals surface area contributed by atoms with Gasteiger partial charge < -0.3 is 24.3 Å². The predicted molar refractivity (Wildman–Crippen MR) is 91.1 cm³/mol. The Balaban J connectivity index is 6.10. The summed E-state index contributed by atoms with van der Waals surface area (Å²) < 4.78 is 20.3. The standard InChI is InChI=1S/C17H24N2O9/c1-9(20)19-14(6-7-18)16(27-12(4)23)17(28-13(5)24)15(26-11(3)22)8-25-10(2)21/h14-17H,6,8H2,1-5H3,(H,19,20)/t14?,15-,16-,17-/m1/s1. The molecule has 0 saturated heterocycles. The van der Waals surface area contributed by atoms with Crippen molar-refractivity contribution in [3.63, 3.8) is 0 Å². The fourth-order valence-electron chi connectivity index (χ4n) is 2.33. The molecule has 1 N–H and O–H groups in total. The molecule has 1 amide bonds. The molecular formula is C17H24N2O9. The van der Waals surface area contributed by atoms with Gasteiger partial charge in [0, 0.05) is 34.6 Å². The highest BCUT2D eigenvalue weighted by Crippen LogP contribution is 2.19. The maximum absolute atomic E-state index is 11.6. The van der Waals surface area contributed by atoms with E-state index in [4.69, 9.17) is 24.2 Å². The normalized spacial score (nSPS) is 14.3. The topological polar surface area (TPSA) is 158 Å². The van der Waals surface area contributed by atoms with Gasteiger partial charge in [0.15, 0.2) is 18.3 Å². The summed E-state index contributed by atoms with van der Waals surface area (Å²) in [6.07, 6.45) is -4.53. The number of ether oxygens (including phenoxy) is 4. The third-order valence-corrected chi connectivity index (χ3v) is 3.16. The molecular weight excluding hydrogens is 376 g/mol. The Morgan fingerprint density at radius 3 is 1.71 bits per heavy atom. The van der Waals surface area contributed by atoms with Crippen molar-refractivity contribution < 1.29 is 42.9 Å². The summed E-state index contributed by atoms with van der Waals surface area (Å²) in [7, 11) is 0. The molecule has 0 aliphatic heterocycles. The number of carbonyl (C=O) groups is 5. The van der Waals surface area contributed by atoms with E-state index >= 15 is 0 Å². The molecule has 0 aromatic heterocycles. The van der Waals surface area contributed by atoms with Crippen molar-refractivity contribution in [3.05, 3.63) is 0 Å². The Labute approximate surface area is 162 Å². The lowest BCUT2D eigenvalue weighted by molar-refractivity contribution is -0.191. The Bertz CT molecular complexity index is 641. The van der Waals surface area contributed by atoms with Gasteiger partial charge in [-0.2, -0.15) is 5.26 Å². The zero-order valence-corrected chi connectivity index (χ0v) is 16.3. The summed E-state index contributed by atoms with van der Waals surface area (Å²) in [4.78, 5) is 57.3. The van der Waals surface area contributed by atoms with Crippen LogP contribution in [-0.2, 0) is 42.9 Å². The van der Waals surface area contributed by atoms with Gasteiger partial charge >= 0.3 is 23.9 Å². The second-order valence-corrected chi connectivity index (χ2v) is 5.77. The third-order valence-electron chi connectivity index (χ3n) is 3.16. The minimum Gasteiger partial charge on any atom is -0.462 e. The quantitative estimate of drug-likeness (QED) is 0.383. The summed E-state index contributed by atoms with van der Waals surface area (Å²) in [6, 6.07) is 0.734. The van der Waals surface area contributed by atoms with Crippen LogP contribution in [0.5, 0.6) is 0 Å². The van der Waals surface area contributed by atoms with Crippen molar-refractivity contribution in [2.24, 2.45) is 0 Å². The maximum Gasteiger partial charge on any atom is 0.303 e. The van der Waals surface area contributed by atoms with E-state index < -0.39 is 60.7 Å². The van der Waals surface area contributed by atoms with Crippen LogP contribution in [-0.4, -0.2) is 60.7 Å². The van der Waals surface area contributed by atoms with Crippen molar-refractivity contribution in [3.8, 4) is 6.07 Å². The maximum atomic E-state index is 11.6. The number of amides is 1. The zero-order chi connectivity index (χ0) is 21.9. The van der Waals surface area contributed by atoms with E-state index in [2.05, 4.69) is 5.32 Å². The van der Waals surface area contributed by atoms with Crippen LogP contribution in [0, 0.1) is 11.3 Å². The van der Waals surface area contributed by atoms with Gasteiger partial charge in [-0.15, -0.1) is 0 Å². The minimum atomic E-state index is -1.46. The first kappa shape index (κ1) is 24.8. The number of nitrogens with one attached hydrogen (secondary N) is 1. The van der Waals surface area contributed by atoms with Crippen molar-refractivity contribution in [2.75, 3.05) is 6.61 Å². The third kappa shape index (κ3) is 10.1. The van der Waals surface area contributed by atoms with Crippen LogP contribution in [0.25, 0.3) is 0 Å².